The van der Waals surface area contributed by atoms with E-state index in [4.69, 9.17) is 18.9 Å². The van der Waals surface area contributed by atoms with Crippen molar-refractivity contribution in [3.05, 3.63) is 109 Å². The number of esters is 2. The molecule has 4 N–H and O–H groups in total. The SMILES string of the molecule is CC/C=C\C/C=C\C/C=C\C/C=C\C/C=C\CCCCCC(=O)OC(COC(=O)CCCCCCCC/C=C\C/C=C\C/C=C\C/C=C\CC)COC1OC(CS(=O)(=O)O)C(O)C(O)C1O. The zero-order valence-corrected chi connectivity index (χ0v) is 40.8. The molecule has 0 aromatic heterocycles. The van der Waals surface area contributed by atoms with Gasteiger partial charge in [0.1, 0.15) is 36.8 Å². The second-order valence-corrected chi connectivity index (χ2v) is 17.9. The summed E-state index contributed by atoms with van der Waals surface area (Å²) in [7, 11) is -4.62. The zero-order valence-electron chi connectivity index (χ0n) is 40.0. The van der Waals surface area contributed by atoms with Crippen molar-refractivity contribution in [2.45, 2.75) is 192 Å². The Bertz CT molecular complexity index is 1620. The second kappa shape index (κ2) is 41.5. The Balaban J connectivity index is 2.45. The molecule has 0 spiro atoms. The molecule has 6 unspecified atom stereocenters. The van der Waals surface area contributed by atoms with Crippen LogP contribution in [0.2, 0.25) is 0 Å². The molecule has 0 saturated carbocycles. The van der Waals surface area contributed by atoms with E-state index in [2.05, 4.69) is 123 Å². The predicted octanol–water partition coefficient (Wildman–Crippen LogP) is 10.8. The van der Waals surface area contributed by atoms with E-state index in [1.807, 2.05) is 0 Å². The van der Waals surface area contributed by atoms with Gasteiger partial charge in [-0.3, -0.25) is 14.1 Å². The van der Waals surface area contributed by atoms with E-state index in [1.165, 1.54) is 0 Å². The average Bonchev–Trinajstić information content (AvgIpc) is 3.28. The summed E-state index contributed by atoms with van der Waals surface area (Å²) < 4.78 is 54.2. The number of carbonyl (C=O) groups is 2. The second-order valence-electron chi connectivity index (χ2n) is 16.4. The normalized spacial score (nSPS) is 20.4. The number of allylic oxidation sites excluding steroid dienone is 18. The van der Waals surface area contributed by atoms with Crippen molar-refractivity contribution in [3.63, 3.8) is 0 Å². The smallest absolute Gasteiger partial charge is 0.306 e. The molecule has 1 heterocycles. The third-order valence-corrected chi connectivity index (χ3v) is 11.1. The van der Waals surface area contributed by atoms with Crippen LogP contribution in [-0.2, 0) is 38.7 Å². The lowest BCUT2D eigenvalue weighted by molar-refractivity contribution is -0.297. The Morgan fingerprint density at radius 2 is 0.909 bits per heavy atom. The van der Waals surface area contributed by atoms with Crippen LogP contribution in [0.15, 0.2) is 109 Å². The van der Waals surface area contributed by atoms with Crippen LogP contribution in [0.1, 0.15) is 155 Å². The highest BCUT2D eigenvalue weighted by Gasteiger charge is 2.46. The molecule has 1 aliphatic rings. The summed E-state index contributed by atoms with van der Waals surface area (Å²) in [6.45, 7) is 3.49. The number of hydrogen-bond donors (Lipinski definition) is 4. The van der Waals surface area contributed by atoms with Gasteiger partial charge in [0, 0.05) is 12.8 Å². The van der Waals surface area contributed by atoms with Crippen LogP contribution in [0.25, 0.3) is 0 Å². The molecule has 66 heavy (non-hydrogen) atoms. The van der Waals surface area contributed by atoms with Gasteiger partial charge < -0.3 is 34.3 Å². The van der Waals surface area contributed by atoms with E-state index in [0.29, 0.717) is 12.8 Å². The summed E-state index contributed by atoms with van der Waals surface area (Å²) in [6, 6.07) is 0. The quantitative estimate of drug-likeness (QED) is 0.0198. The first-order valence-electron chi connectivity index (χ1n) is 24.4. The van der Waals surface area contributed by atoms with Crippen molar-refractivity contribution in [2.75, 3.05) is 19.0 Å². The number of carbonyl (C=O) groups excluding carboxylic acids is 2. The molecule has 0 radical (unpaired) electrons. The molecule has 0 bridgehead atoms. The highest BCUT2D eigenvalue weighted by atomic mass is 32.2. The molecule has 0 aliphatic carbocycles. The molecule has 13 heteroatoms. The van der Waals surface area contributed by atoms with Crippen molar-refractivity contribution >= 4 is 22.1 Å². The van der Waals surface area contributed by atoms with Crippen molar-refractivity contribution in [1.29, 1.82) is 0 Å². The molecule has 6 atom stereocenters. The maximum atomic E-state index is 12.9. The lowest BCUT2D eigenvalue weighted by Crippen LogP contribution is -2.60. The average molecular weight is 945 g/mol. The van der Waals surface area contributed by atoms with E-state index in [9.17, 15) is 37.9 Å². The van der Waals surface area contributed by atoms with Gasteiger partial charge >= 0.3 is 11.9 Å². The summed E-state index contributed by atoms with van der Waals surface area (Å²) in [5.41, 5.74) is 0. The minimum Gasteiger partial charge on any atom is -0.462 e. The van der Waals surface area contributed by atoms with Crippen molar-refractivity contribution < 1.29 is 56.8 Å². The summed E-state index contributed by atoms with van der Waals surface area (Å²) >= 11 is 0. The van der Waals surface area contributed by atoms with Crippen LogP contribution in [0.5, 0.6) is 0 Å². The fourth-order valence-electron chi connectivity index (χ4n) is 6.63. The highest BCUT2D eigenvalue weighted by Crippen LogP contribution is 2.24. The first-order chi connectivity index (χ1) is 32.0. The molecule has 1 saturated heterocycles. The Morgan fingerprint density at radius 3 is 1.36 bits per heavy atom. The van der Waals surface area contributed by atoms with Gasteiger partial charge in [-0.25, -0.2) is 0 Å². The van der Waals surface area contributed by atoms with E-state index in [-0.39, 0.29) is 19.4 Å². The molecule has 0 aromatic carbocycles. The van der Waals surface area contributed by atoms with Gasteiger partial charge in [-0.05, 0) is 96.3 Å². The van der Waals surface area contributed by atoms with Gasteiger partial charge in [0.2, 0.25) is 0 Å². The molecule has 12 nitrogen and oxygen atoms in total. The first-order valence-corrected chi connectivity index (χ1v) is 26.1. The highest BCUT2D eigenvalue weighted by molar-refractivity contribution is 7.85. The number of aliphatic hydroxyl groups excluding tert-OH is 3. The lowest BCUT2D eigenvalue weighted by Gasteiger charge is -2.40. The maximum absolute atomic E-state index is 12.9. The van der Waals surface area contributed by atoms with Crippen LogP contribution in [0.4, 0.5) is 0 Å². The van der Waals surface area contributed by atoms with Gasteiger partial charge in [0.25, 0.3) is 10.1 Å². The number of ether oxygens (including phenoxy) is 4. The van der Waals surface area contributed by atoms with Crippen molar-refractivity contribution in [3.8, 4) is 0 Å². The molecule has 1 rings (SSSR count). The lowest BCUT2D eigenvalue weighted by atomic mass is 10.00. The largest absolute Gasteiger partial charge is 0.462 e. The summed E-state index contributed by atoms with van der Waals surface area (Å²) in [5, 5.41) is 31.0. The van der Waals surface area contributed by atoms with E-state index in [0.717, 1.165) is 116 Å². The molecular formula is C53H84O12S. The van der Waals surface area contributed by atoms with Crippen LogP contribution in [-0.4, -0.2) is 96.0 Å². The third kappa shape index (κ3) is 35.5. The van der Waals surface area contributed by atoms with Crippen molar-refractivity contribution in [2.24, 2.45) is 0 Å². The Labute approximate surface area is 397 Å². The fraction of sp³-hybridized carbons (Fsp3) is 0.623. The Hall–Kier alpha value is -3.69. The van der Waals surface area contributed by atoms with E-state index in [1.54, 1.807) is 0 Å². The van der Waals surface area contributed by atoms with Gasteiger partial charge in [0.05, 0.1) is 6.61 Å². The van der Waals surface area contributed by atoms with Crippen LogP contribution < -0.4 is 0 Å². The number of aliphatic hydroxyl groups is 3. The number of hydrogen-bond acceptors (Lipinski definition) is 11. The Morgan fingerprint density at radius 1 is 0.515 bits per heavy atom. The van der Waals surface area contributed by atoms with Gasteiger partial charge in [-0.2, -0.15) is 8.42 Å². The van der Waals surface area contributed by atoms with E-state index < -0.39 is 71.2 Å². The molecule has 1 aliphatic heterocycles. The van der Waals surface area contributed by atoms with E-state index >= 15 is 0 Å². The molecule has 374 valence electrons. The van der Waals surface area contributed by atoms with Crippen LogP contribution >= 0.6 is 0 Å². The summed E-state index contributed by atoms with van der Waals surface area (Å²) in [4.78, 5) is 25.5. The minimum atomic E-state index is -4.62. The zero-order chi connectivity index (χ0) is 48.4. The fourth-order valence-corrected chi connectivity index (χ4v) is 7.32. The first kappa shape index (κ1) is 60.3. The molecule has 0 aromatic rings. The van der Waals surface area contributed by atoms with Crippen LogP contribution in [0.3, 0.4) is 0 Å². The van der Waals surface area contributed by atoms with Crippen LogP contribution in [0, 0.1) is 0 Å². The standard InChI is InChI=1S/C53H84O12S/c1-3-5-7-9-11-13-15-17-19-21-23-25-27-29-31-33-35-37-39-41-48(54)62-43-46(44-63-53-52(58)51(57)50(56)47(65-53)45-66(59,60)61)64-49(55)42-40-38-36-34-32-30-28-26-24-22-20-18-16-14-12-10-8-6-4-2/h5-8,11-14,17-20,23-26,30,32,46-47,50-53,56-58H,3-4,9-10,15-16,21-22,27-29,31,33-45H2,1-2H3,(H,59,60,61)/b7-5-,8-6-,13-11-,14-12-,19-17-,20-18-,25-23-,26-24-,32-30-. The van der Waals surface area contributed by atoms with Gasteiger partial charge in [-0.15, -0.1) is 0 Å². The number of rotatable bonds is 39. The number of unbranched alkanes of at least 4 members (excludes halogenated alkanes) is 9. The van der Waals surface area contributed by atoms with Crippen molar-refractivity contribution in [1.82, 2.24) is 0 Å². The maximum Gasteiger partial charge on any atom is 0.306 e. The summed E-state index contributed by atoms with van der Waals surface area (Å²) in [6.07, 6.45) is 48.3. The van der Waals surface area contributed by atoms with Gasteiger partial charge in [0.15, 0.2) is 12.4 Å². The third-order valence-electron chi connectivity index (χ3n) is 10.3. The minimum absolute atomic E-state index is 0.115. The molecule has 1 fully saturated rings. The monoisotopic (exact) mass is 945 g/mol. The predicted molar refractivity (Wildman–Crippen MR) is 265 cm³/mol. The van der Waals surface area contributed by atoms with Gasteiger partial charge in [-0.1, -0.05) is 155 Å². The Kier molecular flexibility index (Phi) is 37.9. The molecule has 0 amide bonds. The molecular weight excluding hydrogens is 861 g/mol. The topological polar surface area (TPSA) is 186 Å². The summed E-state index contributed by atoms with van der Waals surface area (Å²) in [5.74, 6) is -2.06.